The highest BCUT2D eigenvalue weighted by Crippen LogP contribution is 2.21. The molecule has 2 rings (SSSR count). The van der Waals surface area contributed by atoms with E-state index in [1.165, 1.54) is 6.42 Å². The summed E-state index contributed by atoms with van der Waals surface area (Å²) < 4.78 is 0. The van der Waals surface area contributed by atoms with Crippen LogP contribution >= 0.6 is 11.8 Å². The largest absolute Gasteiger partial charge is 0.360 e. The second kappa shape index (κ2) is 4.82. The third-order valence-electron chi connectivity index (χ3n) is 2.44. The van der Waals surface area contributed by atoms with E-state index < -0.39 is 0 Å². The van der Waals surface area contributed by atoms with Crippen LogP contribution in [0.25, 0.3) is 0 Å². The van der Waals surface area contributed by atoms with Gasteiger partial charge in [0.2, 0.25) is 0 Å². The van der Waals surface area contributed by atoms with Gasteiger partial charge in [-0.15, -0.1) is 0 Å². The van der Waals surface area contributed by atoms with Gasteiger partial charge in [-0.2, -0.15) is 0 Å². The molecule has 1 saturated heterocycles. The highest BCUT2D eigenvalue weighted by molar-refractivity contribution is 8.13. The summed E-state index contributed by atoms with van der Waals surface area (Å²) in [6.07, 6.45) is 4.47. The lowest BCUT2D eigenvalue weighted by molar-refractivity contribution is 0.446. The Morgan fingerprint density at radius 1 is 1.56 bits per heavy atom. The van der Waals surface area contributed by atoms with Crippen molar-refractivity contribution in [3.8, 4) is 0 Å². The molecule has 1 aliphatic rings. The van der Waals surface area contributed by atoms with E-state index in [0.29, 0.717) is 6.54 Å². The van der Waals surface area contributed by atoms with Crippen molar-refractivity contribution >= 4 is 16.9 Å². The van der Waals surface area contributed by atoms with Gasteiger partial charge in [0.25, 0.3) is 0 Å². The van der Waals surface area contributed by atoms with E-state index in [4.69, 9.17) is 0 Å². The molecule has 5 heteroatoms. The van der Waals surface area contributed by atoms with E-state index in [2.05, 4.69) is 34.1 Å². The van der Waals surface area contributed by atoms with Crippen molar-refractivity contribution in [1.82, 2.24) is 15.3 Å². The molecule has 0 bridgehead atoms. The van der Waals surface area contributed by atoms with Gasteiger partial charge in [-0.3, -0.25) is 4.99 Å². The number of thioether (sulfide) groups is 1. The monoisotopic (exact) mass is 236 g/mol. The second-order valence-electron chi connectivity index (χ2n) is 4.43. The van der Waals surface area contributed by atoms with Crippen molar-refractivity contribution in [3.05, 3.63) is 24.3 Å². The lowest BCUT2D eigenvalue weighted by Crippen LogP contribution is -2.46. The normalized spacial score (nSPS) is 21.8. The van der Waals surface area contributed by atoms with E-state index >= 15 is 0 Å². The molecule has 1 aliphatic heterocycles. The maximum Gasteiger partial charge on any atom is 0.157 e. The lowest BCUT2D eigenvalue weighted by Gasteiger charge is -2.32. The summed E-state index contributed by atoms with van der Waals surface area (Å²) in [5.74, 6) is 1.13. The molecule has 0 aromatic carbocycles. The molecule has 4 nitrogen and oxygen atoms in total. The summed E-state index contributed by atoms with van der Waals surface area (Å²) in [6, 6.07) is 1.89. The standard InChI is InChI=1S/C11H16N4S/c1-11(2)4-6-16-10(15-11)13-7-9-3-5-12-8-14-9/h3,5,8H,4,6-7H2,1-2H3,(H,13,15). The summed E-state index contributed by atoms with van der Waals surface area (Å²) in [7, 11) is 0. The van der Waals surface area contributed by atoms with Crippen molar-refractivity contribution in [2.24, 2.45) is 4.99 Å². The van der Waals surface area contributed by atoms with Gasteiger partial charge in [0.15, 0.2) is 5.17 Å². The van der Waals surface area contributed by atoms with Gasteiger partial charge in [-0.25, -0.2) is 9.97 Å². The molecule has 0 spiro atoms. The quantitative estimate of drug-likeness (QED) is 0.851. The minimum absolute atomic E-state index is 0.162. The van der Waals surface area contributed by atoms with Crippen LogP contribution < -0.4 is 5.32 Å². The fourth-order valence-corrected chi connectivity index (χ4v) is 2.75. The van der Waals surface area contributed by atoms with Gasteiger partial charge in [-0.1, -0.05) is 11.8 Å². The first-order valence-electron chi connectivity index (χ1n) is 5.36. The van der Waals surface area contributed by atoms with Crippen molar-refractivity contribution in [3.63, 3.8) is 0 Å². The van der Waals surface area contributed by atoms with Crippen molar-refractivity contribution in [2.45, 2.75) is 32.4 Å². The van der Waals surface area contributed by atoms with Crippen LogP contribution in [0.15, 0.2) is 23.6 Å². The SMILES string of the molecule is CC1(C)CCSC(=NCc2ccncn2)N1. The first-order valence-corrected chi connectivity index (χ1v) is 6.35. The zero-order chi connectivity index (χ0) is 11.4. The minimum atomic E-state index is 0.162. The molecule has 0 atom stereocenters. The van der Waals surface area contributed by atoms with Crippen LogP contribution in [0.5, 0.6) is 0 Å². The van der Waals surface area contributed by atoms with Gasteiger partial charge in [0, 0.05) is 17.5 Å². The Labute approximate surface area is 100.0 Å². The van der Waals surface area contributed by atoms with Crippen LogP contribution in [-0.4, -0.2) is 26.4 Å². The fourth-order valence-electron chi connectivity index (χ4n) is 1.44. The van der Waals surface area contributed by atoms with Crippen LogP contribution in [0.3, 0.4) is 0 Å². The molecule has 1 fully saturated rings. The minimum Gasteiger partial charge on any atom is -0.360 e. The van der Waals surface area contributed by atoms with Crippen LogP contribution in [0.2, 0.25) is 0 Å². The molecule has 0 amide bonds. The molecular formula is C11H16N4S. The molecule has 1 aromatic rings. The predicted octanol–water partition coefficient (Wildman–Crippen LogP) is 1.84. The number of hydrogen-bond donors (Lipinski definition) is 1. The van der Waals surface area contributed by atoms with Crippen LogP contribution in [0.4, 0.5) is 0 Å². The Bertz CT molecular complexity index is 375. The molecule has 2 heterocycles. The van der Waals surface area contributed by atoms with E-state index in [-0.39, 0.29) is 5.54 Å². The van der Waals surface area contributed by atoms with Crippen molar-refractivity contribution in [2.75, 3.05) is 5.75 Å². The first-order chi connectivity index (χ1) is 7.66. The number of nitrogens with zero attached hydrogens (tertiary/aromatic N) is 3. The number of aliphatic imine (C=N–C) groups is 1. The third-order valence-corrected chi connectivity index (χ3v) is 3.35. The Kier molecular flexibility index (Phi) is 3.43. The first kappa shape index (κ1) is 11.4. The molecular weight excluding hydrogens is 220 g/mol. The van der Waals surface area contributed by atoms with E-state index in [0.717, 1.165) is 16.6 Å². The Morgan fingerprint density at radius 2 is 2.44 bits per heavy atom. The Hall–Kier alpha value is -1.10. The maximum atomic E-state index is 4.53. The second-order valence-corrected chi connectivity index (χ2v) is 5.51. The molecule has 1 N–H and O–H groups in total. The third kappa shape index (κ3) is 3.20. The van der Waals surface area contributed by atoms with Crippen LogP contribution in [0, 0.1) is 0 Å². The van der Waals surface area contributed by atoms with Gasteiger partial charge in [0.1, 0.15) is 6.33 Å². The summed E-state index contributed by atoms with van der Waals surface area (Å²) >= 11 is 1.78. The summed E-state index contributed by atoms with van der Waals surface area (Å²) in [4.78, 5) is 12.6. The van der Waals surface area contributed by atoms with Gasteiger partial charge in [-0.05, 0) is 26.3 Å². The van der Waals surface area contributed by atoms with E-state index in [1.54, 1.807) is 24.3 Å². The topological polar surface area (TPSA) is 50.2 Å². The van der Waals surface area contributed by atoms with E-state index in [9.17, 15) is 0 Å². The maximum absolute atomic E-state index is 4.53. The summed E-state index contributed by atoms with van der Waals surface area (Å²) in [5.41, 5.74) is 1.11. The van der Waals surface area contributed by atoms with Crippen LogP contribution in [0.1, 0.15) is 26.0 Å². The number of hydrogen-bond acceptors (Lipinski definition) is 4. The average Bonchev–Trinajstić information content (AvgIpc) is 2.27. The fraction of sp³-hybridized carbons (Fsp3) is 0.545. The number of amidine groups is 1. The van der Waals surface area contributed by atoms with Crippen LogP contribution in [-0.2, 0) is 6.54 Å². The number of rotatable bonds is 2. The van der Waals surface area contributed by atoms with Crippen molar-refractivity contribution in [1.29, 1.82) is 0 Å². The van der Waals surface area contributed by atoms with Gasteiger partial charge < -0.3 is 5.32 Å². The summed E-state index contributed by atoms with van der Waals surface area (Å²) in [5, 5.41) is 4.46. The highest BCUT2D eigenvalue weighted by atomic mass is 32.2. The molecule has 16 heavy (non-hydrogen) atoms. The molecule has 0 saturated carbocycles. The Balaban J connectivity index is 1.97. The van der Waals surface area contributed by atoms with Crippen molar-refractivity contribution < 1.29 is 0 Å². The predicted molar refractivity (Wildman–Crippen MR) is 67.5 cm³/mol. The molecule has 1 aromatic heterocycles. The lowest BCUT2D eigenvalue weighted by atomic mass is 10.0. The van der Waals surface area contributed by atoms with E-state index in [1.807, 2.05) is 6.07 Å². The smallest absolute Gasteiger partial charge is 0.157 e. The molecule has 0 radical (unpaired) electrons. The molecule has 0 aliphatic carbocycles. The molecule has 86 valence electrons. The Morgan fingerprint density at radius 3 is 3.12 bits per heavy atom. The highest BCUT2D eigenvalue weighted by Gasteiger charge is 2.23. The summed E-state index contributed by atoms with van der Waals surface area (Å²) in [6.45, 7) is 5.02. The average molecular weight is 236 g/mol. The zero-order valence-corrected chi connectivity index (χ0v) is 10.4. The van der Waals surface area contributed by atoms with Gasteiger partial charge in [0.05, 0.1) is 12.2 Å². The number of nitrogens with one attached hydrogen (secondary N) is 1. The van der Waals surface area contributed by atoms with Gasteiger partial charge >= 0.3 is 0 Å². The zero-order valence-electron chi connectivity index (χ0n) is 9.60. The number of aromatic nitrogens is 2. The molecule has 0 unspecified atom stereocenters.